The van der Waals surface area contributed by atoms with Crippen LogP contribution in [0.4, 0.5) is 5.69 Å². The molecule has 8 heteroatoms. The molecular weight excluding hydrogens is 332 g/mol. The normalized spacial score (nSPS) is 18.1. The number of rotatable bonds is 2. The van der Waals surface area contributed by atoms with Crippen molar-refractivity contribution >= 4 is 43.2 Å². The summed E-state index contributed by atoms with van der Waals surface area (Å²) < 4.78 is 25.8. The summed E-state index contributed by atoms with van der Waals surface area (Å²) in [6.07, 6.45) is -0.597. The van der Waals surface area contributed by atoms with Crippen molar-refractivity contribution in [1.29, 1.82) is 0 Å². The topological polar surface area (TPSA) is 83.6 Å². The standard InChI is InChI=1S/C9H10BrClN2O3S/c10-9-7(12)1-5(11)2-8(9)17(15,16)13-3-6(14)4-13/h1-2,6,14H,3-4,12H2. The first kappa shape index (κ1) is 13.1. The molecule has 0 unspecified atom stereocenters. The highest BCUT2D eigenvalue weighted by atomic mass is 79.9. The van der Waals surface area contributed by atoms with Crippen LogP contribution in [0.5, 0.6) is 0 Å². The van der Waals surface area contributed by atoms with Gasteiger partial charge in [0, 0.05) is 23.8 Å². The highest BCUT2D eigenvalue weighted by molar-refractivity contribution is 9.10. The van der Waals surface area contributed by atoms with Crippen LogP contribution in [0.3, 0.4) is 0 Å². The van der Waals surface area contributed by atoms with Crippen molar-refractivity contribution < 1.29 is 13.5 Å². The third kappa shape index (κ3) is 2.30. The molecule has 3 N–H and O–H groups in total. The molecule has 0 saturated carbocycles. The van der Waals surface area contributed by atoms with Gasteiger partial charge in [-0.15, -0.1) is 0 Å². The Morgan fingerprint density at radius 3 is 2.59 bits per heavy atom. The van der Waals surface area contributed by atoms with Gasteiger partial charge in [-0.25, -0.2) is 8.42 Å². The van der Waals surface area contributed by atoms with Crippen LogP contribution in [0, 0.1) is 0 Å². The van der Waals surface area contributed by atoms with Crippen LogP contribution >= 0.6 is 27.5 Å². The molecule has 0 amide bonds. The number of nitrogen functional groups attached to an aromatic ring is 1. The van der Waals surface area contributed by atoms with E-state index < -0.39 is 16.1 Å². The maximum atomic E-state index is 12.2. The number of hydrogen-bond donors (Lipinski definition) is 2. The Morgan fingerprint density at radius 1 is 1.47 bits per heavy atom. The van der Waals surface area contributed by atoms with E-state index in [1.165, 1.54) is 16.4 Å². The van der Waals surface area contributed by atoms with Crippen molar-refractivity contribution in [3.63, 3.8) is 0 Å². The number of nitrogens with zero attached hydrogens (tertiary/aromatic N) is 1. The Labute approximate surface area is 112 Å². The molecule has 0 radical (unpaired) electrons. The van der Waals surface area contributed by atoms with Gasteiger partial charge in [-0.2, -0.15) is 4.31 Å². The highest BCUT2D eigenvalue weighted by Gasteiger charge is 2.37. The summed E-state index contributed by atoms with van der Waals surface area (Å²) in [6, 6.07) is 2.80. The van der Waals surface area contributed by atoms with Gasteiger partial charge < -0.3 is 10.8 Å². The van der Waals surface area contributed by atoms with Gasteiger partial charge in [0.25, 0.3) is 0 Å². The number of halogens is 2. The molecule has 2 rings (SSSR count). The first-order valence-corrected chi connectivity index (χ1v) is 7.36. The summed E-state index contributed by atoms with van der Waals surface area (Å²) in [4.78, 5) is 0.0226. The fourth-order valence-corrected chi connectivity index (χ4v) is 4.29. The SMILES string of the molecule is Nc1cc(Cl)cc(S(=O)(=O)N2CC(O)C2)c1Br. The van der Waals surface area contributed by atoms with E-state index in [4.69, 9.17) is 22.4 Å². The van der Waals surface area contributed by atoms with E-state index in [1.807, 2.05) is 0 Å². The number of β-amino-alcohol motifs (C(OH)–C–C–N with tert-alkyl or cyclic N) is 1. The molecule has 1 fully saturated rings. The second kappa shape index (κ2) is 4.40. The third-order valence-corrected chi connectivity index (χ3v) is 5.70. The number of aliphatic hydroxyl groups is 1. The smallest absolute Gasteiger partial charge is 0.244 e. The van der Waals surface area contributed by atoms with Crippen molar-refractivity contribution in [3.8, 4) is 0 Å². The number of sulfonamides is 1. The number of hydrogen-bond acceptors (Lipinski definition) is 4. The molecule has 0 aliphatic carbocycles. The minimum Gasteiger partial charge on any atom is -0.398 e. The van der Waals surface area contributed by atoms with Crippen LogP contribution in [0.15, 0.2) is 21.5 Å². The summed E-state index contributed by atoms with van der Waals surface area (Å²) in [5.74, 6) is 0. The van der Waals surface area contributed by atoms with Gasteiger partial charge in [0.2, 0.25) is 10.0 Å². The van der Waals surface area contributed by atoms with Crippen LogP contribution in [0.2, 0.25) is 5.02 Å². The maximum absolute atomic E-state index is 12.2. The fourth-order valence-electron chi connectivity index (χ4n) is 1.52. The molecule has 94 valence electrons. The summed E-state index contributed by atoms with van der Waals surface area (Å²) >= 11 is 8.92. The lowest BCUT2D eigenvalue weighted by molar-refractivity contribution is 0.0547. The Hall–Kier alpha value is -0.340. The molecule has 0 spiro atoms. The predicted octanol–water partition coefficient (Wildman–Crippen LogP) is 1.05. The zero-order chi connectivity index (χ0) is 12.8. The summed E-state index contributed by atoms with van der Waals surface area (Å²) in [7, 11) is -3.65. The van der Waals surface area contributed by atoms with Crippen molar-refractivity contribution in [1.82, 2.24) is 4.31 Å². The van der Waals surface area contributed by atoms with Gasteiger partial charge in [0.1, 0.15) is 0 Å². The number of anilines is 1. The maximum Gasteiger partial charge on any atom is 0.244 e. The minimum atomic E-state index is -3.65. The van der Waals surface area contributed by atoms with Crippen molar-refractivity contribution in [2.45, 2.75) is 11.0 Å². The van der Waals surface area contributed by atoms with E-state index in [-0.39, 0.29) is 28.7 Å². The Morgan fingerprint density at radius 2 is 2.06 bits per heavy atom. The van der Waals surface area contributed by atoms with E-state index in [9.17, 15) is 8.42 Å². The average Bonchev–Trinajstić information content (AvgIpc) is 2.18. The fraction of sp³-hybridized carbons (Fsp3) is 0.333. The van der Waals surface area contributed by atoms with E-state index in [1.54, 1.807) is 0 Å². The molecule has 1 aliphatic heterocycles. The molecule has 1 aromatic carbocycles. The van der Waals surface area contributed by atoms with E-state index in [0.717, 1.165) is 0 Å². The minimum absolute atomic E-state index is 0.0226. The number of nitrogens with two attached hydrogens (primary N) is 1. The highest BCUT2D eigenvalue weighted by Crippen LogP contribution is 2.34. The zero-order valence-corrected chi connectivity index (χ0v) is 11.8. The second-order valence-corrected chi connectivity index (χ2v) is 6.92. The molecule has 1 aliphatic rings. The van der Waals surface area contributed by atoms with Crippen LogP contribution < -0.4 is 5.73 Å². The van der Waals surface area contributed by atoms with Crippen molar-refractivity contribution in [3.05, 3.63) is 21.6 Å². The van der Waals surface area contributed by atoms with Crippen LogP contribution in [-0.4, -0.2) is 37.0 Å². The van der Waals surface area contributed by atoms with Crippen molar-refractivity contribution in [2.75, 3.05) is 18.8 Å². The van der Waals surface area contributed by atoms with E-state index >= 15 is 0 Å². The number of benzene rings is 1. The molecule has 1 heterocycles. The first-order chi connectivity index (χ1) is 7.82. The van der Waals surface area contributed by atoms with Gasteiger partial charge in [-0.3, -0.25) is 0 Å². The van der Waals surface area contributed by atoms with Crippen molar-refractivity contribution in [2.24, 2.45) is 0 Å². The summed E-state index contributed by atoms with van der Waals surface area (Å²) in [5, 5.41) is 9.39. The van der Waals surface area contributed by atoms with Gasteiger partial charge in [0.05, 0.1) is 15.5 Å². The Kier molecular flexibility index (Phi) is 3.39. The largest absolute Gasteiger partial charge is 0.398 e. The zero-order valence-electron chi connectivity index (χ0n) is 8.60. The van der Waals surface area contributed by atoms with Gasteiger partial charge in [0.15, 0.2) is 0 Å². The molecule has 1 aromatic rings. The predicted molar refractivity (Wildman–Crippen MR) is 68.3 cm³/mol. The molecule has 17 heavy (non-hydrogen) atoms. The van der Waals surface area contributed by atoms with Gasteiger partial charge in [-0.1, -0.05) is 11.6 Å². The first-order valence-electron chi connectivity index (χ1n) is 4.75. The van der Waals surface area contributed by atoms with Crippen LogP contribution in [0.25, 0.3) is 0 Å². The van der Waals surface area contributed by atoms with E-state index in [2.05, 4.69) is 15.9 Å². The van der Waals surface area contributed by atoms with E-state index in [0.29, 0.717) is 4.47 Å². The molecule has 0 bridgehead atoms. The molecule has 0 aromatic heterocycles. The lowest BCUT2D eigenvalue weighted by Gasteiger charge is -2.34. The average molecular weight is 342 g/mol. The van der Waals surface area contributed by atoms with Gasteiger partial charge in [-0.05, 0) is 28.1 Å². The number of aliphatic hydroxyl groups excluding tert-OH is 1. The lowest BCUT2D eigenvalue weighted by atomic mass is 10.2. The molecule has 0 atom stereocenters. The summed E-state index contributed by atoms with van der Waals surface area (Å²) in [6.45, 7) is 0.197. The summed E-state index contributed by atoms with van der Waals surface area (Å²) in [5.41, 5.74) is 5.90. The monoisotopic (exact) mass is 340 g/mol. The molecule has 1 saturated heterocycles. The Balaban J connectivity index is 2.47. The molecular formula is C9H10BrClN2O3S. The van der Waals surface area contributed by atoms with Crippen LogP contribution in [0.1, 0.15) is 0 Å². The quantitative estimate of drug-likeness (QED) is 0.788. The second-order valence-electron chi connectivity index (χ2n) is 3.78. The molecule has 5 nitrogen and oxygen atoms in total. The van der Waals surface area contributed by atoms with Crippen LogP contribution in [-0.2, 0) is 10.0 Å². The lowest BCUT2D eigenvalue weighted by Crippen LogP contribution is -2.53. The van der Waals surface area contributed by atoms with Gasteiger partial charge >= 0.3 is 0 Å². The third-order valence-electron chi connectivity index (χ3n) is 2.48. The Bertz CT molecular complexity index is 558.